The quantitative estimate of drug-likeness (QED) is 0.579. The first-order valence-electron chi connectivity index (χ1n) is 8.46. The number of anilines is 1. The van der Waals surface area contributed by atoms with Crippen LogP contribution >= 0.6 is 0 Å². The Bertz CT molecular complexity index is 1210. The largest absolute Gasteiger partial charge is 0.372 e. The maximum absolute atomic E-state index is 12.7. The van der Waals surface area contributed by atoms with E-state index in [0.29, 0.717) is 11.1 Å². The number of rotatable bonds is 0. The lowest BCUT2D eigenvalue weighted by Gasteiger charge is -2.12. The Morgan fingerprint density at radius 3 is 3.00 bits per heavy atom. The number of carbonyl (C=O) groups excluding carboxylic acids is 1. The predicted molar refractivity (Wildman–Crippen MR) is 96.4 cm³/mol. The Morgan fingerprint density at radius 1 is 1.16 bits per heavy atom. The molecule has 0 fully saturated rings. The van der Waals surface area contributed by atoms with Crippen LogP contribution in [0.2, 0.25) is 0 Å². The average molecular weight is 329 g/mol. The fraction of sp³-hybridized carbons (Fsp3) is 0.150. The zero-order valence-corrected chi connectivity index (χ0v) is 13.3. The summed E-state index contributed by atoms with van der Waals surface area (Å²) in [7, 11) is 0. The van der Waals surface area contributed by atoms with Crippen LogP contribution in [-0.4, -0.2) is 22.0 Å². The molecule has 2 aromatic rings. The molecule has 2 atom stereocenters. The van der Waals surface area contributed by atoms with Crippen LogP contribution in [0.4, 0.5) is 5.69 Å². The molecule has 5 heteroatoms. The van der Waals surface area contributed by atoms with E-state index in [0.717, 1.165) is 44.7 Å². The van der Waals surface area contributed by atoms with E-state index >= 15 is 0 Å². The number of fused-ring (bicyclic) bond motifs is 9. The third-order valence-electron chi connectivity index (χ3n) is 5.53. The van der Waals surface area contributed by atoms with Crippen molar-refractivity contribution in [2.45, 2.75) is 18.7 Å². The van der Waals surface area contributed by atoms with Crippen LogP contribution in [0, 0.1) is 0 Å². The molecule has 1 aromatic heterocycles. The number of H-pyrrole nitrogens is 1. The fourth-order valence-corrected chi connectivity index (χ4v) is 4.53. The number of carbonyl (C=O) groups is 1. The Kier molecular flexibility index (Phi) is 2.29. The van der Waals surface area contributed by atoms with Crippen molar-refractivity contribution in [3.05, 3.63) is 63.7 Å². The number of aromatic amines is 1. The molecule has 4 N–H and O–H groups in total. The minimum absolute atomic E-state index is 0.0695. The third kappa shape index (κ3) is 1.49. The lowest BCUT2D eigenvalue weighted by molar-refractivity contribution is 0.0850. The lowest BCUT2D eigenvalue weighted by Crippen LogP contribution is -2.21. The summed E-state index contributed by atoms with van der Waals surface area (Å²) in [5.41, 5.74) is 5.46. The molecule has 0 bridgehead atoms. The molecule has 25 heavy (non-hydrogen) atoms. The number of benzene rings is 1. The van der Waals surface area contributed by atoms with Crippen LogP contribution in [0.5, 0.6) is 0 Å². The molecule has 0 radical (unpaired) electrons. The first kappa shape index (κ1) is 13.3. The second kappa shape index (κ2) is 4.32. The van der Waals surface area contributed by atoms with Crippen LogP contribution in [0.1, 0.15) is 27.7 Å². The fourth-order valence-electron chi connectivity index (χ4n) is 4.53. The van der Waals surface area contributed by atoms with E-state index in [1.807, 2.05) is 24.3 Å². The SMILES string of the molecule is O=C1NC(O)c2c1c1c3c([nH]c1c1c2=C2C=CC=CC2N1)=CC=CC3. The Balaban J connectivity index is 1.88. The zero-order valence-electron chi connectivity index (χ0n) is 13.3. The van der Waals surface area contributed by atoms with Crippen molar-refractivity contribution >= 4 is 34.1 Å². The van der Waals surface area contributed by atoms with Crippen LogP contribution in [0.3, 0.4) is 0 Å². The molecule has 1 aromatic carbocycles. The van der Waals surface area contributed by atoms with E-state index in [4.69, 9.17) is 0 Å². The van der Waals surface area contributed by atoms with E-state index in [2.05, 4.69) is 33.8 Å². The number of aliphatic hydroxyl groups is 1. The number of hydrogen-bond acceptors (Lipinski definition) is 3. The van der Waals surface area contributed by atoms with Gasteiger partial charge < -0.3 is 20.7 Å². The number of aromatic nitrogens is 1. The predicted octanol–water partition coefficient (Wildman–Crippen LogP) is 0.866. The second-order valence-corrected chi connectivity index (χ2v) is 6.80. The van der Waals surface area contributed by atoms with E-state index < -0.39 is 6.23 Å². The van der Waals surface area contributed by atoms with Gasteiger partial charge in [0.1, 0.15) is 0 Å². The maximum atomic E-state index is 12.7. The molecule has 0 saturated carbocycles. The van der Waals surface area contributed by atoms with Gasteiger partial charge in [-0.15, -0.1) is 0 Å². The number of aliphatic hydroxyl groups excluding tert-OH is 1. The summed E-state index contributed by atoms with van der Waals surface area (Å²) < 4.78 is 0. The minimum atomic E-state index is -0.971. The highest BCUT2D eigenvalue weighted by Crippen LogP contribution is 2.37. The van der Waals surface area contributed by atoms with Gasteiger partial charge in [0.05, 0.1) is 22.8 Å². The van der Waals surface area contributed by atoms with Gasteiger partial charge in [-0.05, 0) is 23.6 Å². The molecule has 122 valence electrons. The van der Waals surface area contributed by atoms with Crippen molar-refractivity contribution < 1.29 is 9.90 Å². The van der Waals surface area contributed by atoms with Gasteiger partial charge in [0.15, 0.2) is 6.23 Å². The number of amides is 1. The maximum Gasteiger partial charge on any atom is 0.254 e. The van der Waals surface area contributed by atoms with Crippen LogP contribution in [0.15, 0.2) is 36.5 Å². The monoisotopic (exact) mass is 329 g/mol. The molecule has 5 nitrogen and oxygen atoms in total. The van der Waals surface area contributed by atoms with Gasteiger partial charge in [0.25, 0.3) is 5.91 Å². The third-order valence-corrected chi connectivity index (χ3v) is 5.53. The lowest BCUT2D eigenvalue weighted by atomic mass is 9.93. The molecular weight excluding hydrogens is 314 g/mol. The smallest absolute Gasteiger partial charge is 0.254 e. The van der Waals surface area contributed by atoms with Gasteiger partial charge in [0, 0.05) is 21.5 Å². The summed E-state index contributed by atoms with van der Waals surface area (Å²) in [5, 5.41) is 19.7. The van der Waals surface area contributed by atoms with Crippen molar-refractivity contribution in [1.29, 1.82) is 0 Å². The molecule has 2 unspecified atom stereocenters. The average Bonchev–Trinajstić information content (AvgIpc) is 3.26. The molecule has 3 heterocycles. The minimum Gasteiger partial charge on any atom is -0.372 e. The van der Waals surface area contributed by atoms with Crippen LogP contribution < -0.4 is 21.2 Å². The van der Waals surface area contributed by atoms with Gasteiger partial charge in [0.2, 0.25) is 0 Å². The van der Waals surface area contributed by atoms with Crippen molar-refractivity contribution in [3.8, 4) is 0 Å². The molecule has 6 rings (SSSR count). The zero-order chi connectivity index (χ0) is 16.7. The first-order valence-corrected chi connectivity index (χ1v) is 8.46. The van der Waals surface area contributed by atoms with Crippen molar-refractivity contribution in [3.63, 3.8) is 0 Å². The number of nitrogens with one attached hydrogen (secondary N) is 3. The normalized spacial score (nSPS) is 24.5. The van der Waals surface area contributed by atoms with Crippen molar-refractivity contribution in [2.75, 3.05) is 5.32 Å². The Morgan fingerprint density at radius 2 is 2.08 bits per heavy atom. The summed E-state index contributed by atoms with van der Waals surface area (Å²) in [5.74, 6) is -0.203. The highest BCUT2D eigenvalue weighted by molar-refractivity contribution is 6.15. The molecule has 2 aliphatic carbocycles. The Labute approximate surface area is 142 Å². The summed E-state index contributed by atoms with van der Waals surface area (Å²) in [6.45, 7) is 0. The van der Waals surface area contributed by atoms with Crippen LogP contribution in [0.25, 0.3) is 22.6 Å². The van der Waals surface area contributed by atoms with E-state index in [1.165, 1.54) is 0 Å². The summed E-state index contributed by atoms with van der Waals surface area (Å²) in [6.07, 6.45) is 14.1. The summed E-state index contributed by atoms with van der Waals surface area (Å²) in [4.78, 5) is 16.2. The first-order chi connectivity index (χ1) is 12.2. The number of allylic oxidation sites excluding steroid dienone is 4. The highest BCUT2D eigenvalue weighted by atomic mass is 16.3. The van der Waals surface area contributed by atoms with Crippen LogP contribution in [-0.2, 0) is 6.42 Å². The molecule has 0 saturated heterocycles. The van der Waals surface area contributed by atoms with Gasteiger partial charge in [-0.25, -0.2) is 0 Å². The van der Waals surface area contributed by atoms with Gasteiger partial charge in [-0.1, -0.05) is 36.5 Å². The second-order valence-electron chi connectivity index (χ2n) is 6.80. The van der Waals surface area contributed by atoms with E-state index in [9.17, 15) is 9.90 Å². The van der Waals surface area contributed by atoms with Gasteiger partial charge >= 0.3 is 0 Å². The standard InChI is InChI=1S/C20H15N3O2/c24-19-15-13-9-5-1-3-7-11(9)21-17(13)18-14(16(15)20(25)23-19)10-6-2-4-8-12(10)22-18/h1-5,7-8,11,19,21-22,24H,6H2,(H,23,25). The topological polar surface area (TPSA) is 77.2 Å². The van der Waals surface area contributed by atoms with E-state index in [-0.39, 0.29) is 11.9 Å². The Hall–Kier alpha value is -3.05. The highest BCUT2D eigenvalue weighted by Gasteiger charge is 2.37. The summed E-state index contributed by atoms with van der Waals surface area (Å²) in [6, 6.07) is 0.0695. The van der Waals surface area contributed by atoms with Crippen molar-refractivity contribution in [1.82, 2.24) is 10.3 Å². The van der Waals surface area contributed by atoms with Crippen molar-refractivity contribution in [2.24, 2.45) is 0 Å². The number of hydrogen-bond donors (Lipinski definition) is 4. The molecular formula is C20H15N3O2. The van der Waals surface area contributed by atoms with Gasteiger partial charge in [-0.3, -0.25) is 4.79 Å². The van der Waals surface area contributed by atoms with E-state index in [1.54, 1.807) is 0 Å². The molecule has 4 aliphatic rings. The molecule has 0 spiro atoms. The molecule has 1 amide bonds. The van der Waals surface area contributed by atoms with Gasteiger partial charge in [-0.2, -0.15) is 0 Å². The summed E-state index contributed by atoms with van der Waals surface area (Å²) >= 11 is 0. The molecule has 2 aliphatic heterocycles.